The molecule has 1 fully saturated rings. The predicted molar refractivity (Wildman–Crippen MR) is 195 cm³/mol. The Kier molecular flexibility index (Phi) is 11.6. The predicted octanol–water partition coefficient (Wildman–Crippen LogP) is 7.69. The smallest absolute Gasteiger partial charge is 0.340 e. The van der Waals surface area contributed by atoms with Gasteiger partial charge in [0.05, 0.1) is 36.6 Å². The average molecular weight is 688 g/mol. The van der Waals surface area contributed by atoms with Crippen molar-refractivity contribution in [3.63, 3.8) is 0 Å². The molecule has 1 aromatic carbocycles. The molecule has 0 amide bonds. The first-order valence-electron chi connectivity index (χ1n) is 17.0. The molecule has 0 radical (unpaired) electrons. The molecule has 0 aliphatic carbocycles. The Morgan fingerprint density at radius 2 is 1.92 bits per heavy atom. The fraction of sp³-hybridized carbons (Fsp3) is 0.474. The van der Waals surface area contributed by atoms with Crippen LogP contribution in [-0.4, -0.2) is 69.7 Å². The van der Waals surface area contributed by atoms with Gasteiger partial charge in [0.1, 0.15) is 22.3 Å². The molecule has 1 saturated heterocycles. The fourth-order valence-corrected chi connectivity index (χ4v) is 6.85. The largest absolute Gasteiger partial charge is 0.493 e. The number of anilines is 1. The Balaban J connectivity index is 1.55. The number of para-hydroxylation sites is 1. The van der Waals surface area contributed by atoms with Crippen LogP contribution in [-0.2, 0) is 25.4 Å². The van der Waals surface area contributed by atoms with Crippen LogP contribution in [0, 0.1) is 6.92 Å². The molecule has 1 aliphatic rings. The second-order valence-electron chi connectivity index (χ2n) is 13.5. The summed E-state index contributed by atoms with van der Waals surface area (Å²) in [5, 5.41) is 5.88. The van der Waals surface area contributed by atoms with Crippen LogP contribution in [0.25, 0.3) is 16.3 Å². The number of aromatic nitrogens is 4. The van der Waals surface area contributed by atoms with Crippen molar-refractivity contribution in [1.29, 1.82) is 0 Å². The van der Waals surface area contributed by atoms with Crippen LogP contribution in [0.2, 0.25) is 0 Å². The Morgan fingerprint density at radius 3 is 2.61 bits per heavy atom. The van der Waals surface area contributed by atoms with E-state index in [0.29, 0.717) is 55.3 Å². The molecule has 4 heterocycles. The number of nitrogens with zero attached hydrogens (tertiary/aromatic N) is 5. The highest BCUT2D eigenvalue weighted by Gasteiger charge is 2.38. The molecule has 0 bridgehead atoms. The summed E-state index contributed by atoms with van der Waals surface area (Å²) in [6, 6.07) is 10.0. The molecular formula is C38H49N5O5S. The van der Waals surface area contributed by atoms with E-state index in [1.165, 1.54) is 0 Å². The molecule has 0 saturated carbocycles. The number of aryl methyl sites for hydroxylation is 1. The first-order valence-corrected chi connectivity index (χ1v) is 17.8. The lowest BCUT2D eigenvalue weighted by atomic mass is 9.92. The lowest BCUT2D eigenvalue weighted by Crippen LogP contribution is -2.45. The summed E-state index contributed by atoms with van der Waals surface area (Å²) < 4.78 is 26.0. The molecule has 1 unspecified atom stereocenters. The van der Waals surface area contributed by atoms with Crippen molar-refractivity contribution in [3.05, 3.63) is 83.5 Å². The summed E-state index contributed by atoms with van der Waals surface area (Å²) in [5.41, 5.74) is 2.89. The molecule has 1 atom stereocenters. The topological polar surface area (TPSA) is 100 Å². The van der Waals surface area contributed by atoms with Crippen LogP contribution in [0.3, 0.4) is 0 Å². The molecule has 4 aromatic rings. The third-order valence-corrected chi connectivity index (χ3v) is 9.42. The molecule has 1 aliphatic heterocycles. The van der Waals surface area contributed by atoms with Crippen LogP contribution in [0.15, 0.2) is 61.8 Å². The molecule has 0 N–H and O–H groups in total. The van der Waals surface area contributed by atoms with Gasteiger partial charge in [0.2, 0.25) is 0 Å². The standard InChI is InChI=1S/C38H49N5O5S/c1-9-12-22-46-30-16-14-13-15-27(30)23-28-25-39-34(49-28)29-24-31-40-26(4)32(33(36(44)45-11-3)48-37(5,6)7)35(43(31)41-29)42-19-17-38(8,18-20-42)47-21-10-2/h9-10,13-16,24-25,33H,1-2,11-12,17-23H2,3-8H3. The number of esters is 1. The number of ether oxygens (including phenoxy) is 4. The summed E-state index contributed by atoms with van der Waals surface area (Å²) in [6.45, 7) is 22.0. The van der Waals surface area contributed by atoms with Gasteiger partial charge in [-0.15, -0.1) is 24.5 Å². The van der Waals surface area contributed by atoms with Gasteiger partial charge in [0, 0.05) is 42.3 Å². The highest BCUT2D eigenvalue weighted by atomic mass is 32.1. The Labute approximate surface area is 293 Å². The number of piperidine rings is 1. The van der Waals surface area contributed by atoms with Crippen LogP contribution in [0.1, 0.15) is 81.7 Å². The first kappa shape index (κ1) is 36.2. The molecule has 11 heteroatoms. The summed E-state index contributed by atoms with van der Waals surface area (Å²) in [7, 11) is 0. The van der Waals surface area contributed by atoms with Gasteiger partial charge in [-0.25, -0.2) is 14.8 Å². The zero-order valence-corrected chi connectivity index (χ0v) is 30.5. The van der Waals surface area contributed by atoms with Crippen molar-refractivity contribution in [2.45, 2.75) is 84.5 Å². The van der Waals surface area contributed by atoms with Gasteiger partial charge in [-0.3, -0.25) is 0 Å². The normalized spacial score (nSPS) is 15.3. The van der Waals surface area contributed by atoms with Crippen molar-refractivity contribution < 1.29 is 23.7 Å². The van der Waals surface area contributed by atoms with Gasteiger partial charge in [-0.1, -0.05) is 30.4 Å². The SMILES string of the molecule is C=CCCOc1ccccc1Cc1cnc(-c2cc3nc(C)c(C(OC(C)(C)C)C(=O)OCC)c(N4CCC(C)(OCC=C)CC4)n3n2)s1. The quantitative estimate of drug-likeness (QED) is 0.0708. The third-order valence-electron chi connectivity index (χ3n) is 8.40. The maximum absolute atomic E-state index is 13.6. The second kappa shape index (κ2) is 15.7. The van der Waals surface area contributed by atoms with E-state index in [9.17, 15) is 4.79 Å². The number of carbonyl (C=O) groups is 1. The fourth-order valence-electron chi connectivity index (χ4n) is 5.96. The van der Waals surface area contributed by atoms with Crippen LogP contribution >= 0.6 is 11.3 Å². The third kappa shape index (κ3) is 8.76. The highest BCUT2D eigenvalue weighted by molar-refractivity contribution is 7.15. The van der Waals surface area contributed by atoms with Gasteiger partial charge in [0.25, 0.3) is 0 Å². The van der Waals surface area contributed by atoms with Gasteiger partial charge < -0.3 is 23.8 Å². The number of carbonyl (C=O) groups excluding carboxylic acids is 1. The molecule has 0 spiro atoms. The summed E-state index contributed by atoms with van der Waals surface area (Å²) in [5.74, 6) is 1.18. The Morgan fingerprint density at radius 1 is 1.16 bits per heavy atom. The molecule has 5 rings (SSSR count). The van der Waals surface area contributed by atoms with Crippen LogP contribution in [0.5, 0.6) is 5.75 Å². The van der Waals surface area contributed by atoms with Crippen molar-refractivity contribution in [2.24, 2.45) is 0 Å². The maximum Gasteiger partial charge on any atom is 0.340 e. The van der Waals surface area contributed by atoms with E-state index >= 15 is 0 Å². The van der Waals surface area contributed by atoms with Gasteiger partial charge >= 0.3 is 5.97 Å². The lowest BCUT2D eigenvalue weighted by molar-refractivity contribution is -0.166. The van der Waals surface area contributed by atoms with Gasteiger partial charge in [-0.2, -0.15) is 9.61 Å². The second-order valence-corrected chi connectivity index (χ2v) is 14.6. The van der Waals surface area contributed by atoms with Crippen molar-refractivity contribution in [2.75, 3.05) is 37.8 Å². The van der Waals surface area contributed by atoms with Crippen LogP contribution in [0.4, 0.5) is 5.82 Å². The molecule has 49 heavy (non-hydrogen) atoms. The summed E-state index contributed by atoms with van der Waals surface area (Å²) in [6.07, 6.45) is 7.59. The van der Waals surface area contributed by atoms with E-state index in [4.69, 9.17) is 34.0 Å². The number of rotatable bonds is 15. The Hall–Kier alpha value is -4.06. The molecular weight excluding hydrogens is 639 g/mol. The van der Waals surface area contributed by atoms with Crippen molar-refractivity contribution in [1.82, 2.24) is 19.6 Å². The van der Waals surface area contributed by atoms with E-state index in [0.717, 1.165) is 46.3 Å². The van der Waals surface area contributed by atoms with Crippen molar-refractivity contribution >= 4 is 28.8 Å². The number of fused-ring (bicyclic) bond motifs is 1. The zero-order valence-electron chi connectivity index (χ0n) is 29.7. The van der Waals surface area contributed by atoms with E-state index < -0.39 is 17.7 Å². The van der Waals surface area contributed by atoms with Crippen molar-refractivity contribution in [3.8, 4) is 16.5 Å². The lowest BCUT2D eigenvalue weighted by Gasteiger charge is -2.41. The highest BCUT2D eigenvalue weighted by Crippen LogP contribution is 2.39. The summed E-state index contributed by atoms with van der Waals surface area (Å²) in [4.78, 5) is 26.7. The molecule has 3 aromatic heterocycles. The minimum Gasteiger partial charge on any atom is -0.493 e. The van der Waals surface area contributed by atoms with E-state index in [1.54, 1.807) is 24.3 Å². The number of thiazole rings is 1. The van der Waals surface area contributed by atoms with E-state index in [1.807, 2.05) is 68.7 Å². The maximum atomic E-state index is 13.6. The monoisotopic (exact) mass is 687 g/mol. The number of hydrogen-bond donors (Lipinski definition) is 0. The van der Waals surface area contributed by atoms with E-state index in [-0.39, 0.29) is 12.2 Å². The summed E-state index contributed by atoms with van der Waals surface area (Å²) >= 11 is 1.59. The minimum absolute atomic E-state index is 0.235. The van der Waals surface area contributed by atoms with Gasteiger partial charge in [0.15, 0.2) is 11.8 Å². The number of hydrogen-bond acceptors (Lipinski definition) is 10. The minimum atomic E-state index is -0.995. The Bertz CT molecular complexity index is 1770. The van der Waals surface area contributed by atoms with Crippen LogP contribution < -0.4 is 9.64 Å². The van der Waals surface area contributed by atoms with Gasteiger partial charge in [-0.05, 0) is 72.4 Å². The molecule has 262 valence electrons. The molecule has 10 nitrogen and oxygen atoms in total. The van der Waals surface area contributed by atoms with E-state index in [2.05, 4.69) is 31.0 Å². The first-order chi connectivity index (χ1) is 23.4. The average Bonchev–Trinajstić information content (AvgIpc) is 3.70. The number of benzene rings is 1. The zero-order chi connectivity index (χ0) is 35.2.